The lowest BCUT2D eigenvalue weighted by atomic mass is 10.1. The van der Waals surface area contributed by atoms with Gasteiger partial charge in [-0.2, -0.15) is 0 Å². The molecule has 2 rings (SSSR count). The third-order valence-corrected chi connectivity index (χ3v) is 2.55. The number of carboxylic acids is 1. The molecule has 2 aromatic heterocycles. The summed E-state index contributed by atoms with van der Waals surface area (Å²) in [6.45, 7) is 4.14. The van der Waals surface area contributed by atoms with Crippen molar-refractivity contribution in [3.05, 3.63) is 35.9 Å². The van der Waals surface area contributed by atoms with Crippen molar-refractivity contribution in [3.8, 4) is 0 Å². The standard InChI is InChI=1S/C12H14N2O2/c1-8(2)12-13-7-10-9(6-11(15)16)4-3-5-14(10)12/h3-5,7-8H,6H2,1-2H3,(H,15,16). The van der Waals surface area contributed by atoms with Crippen LogP contribution in [0.1, 0.15) is 31.2 Å². The first-order valence-corrected chi connectivity index (χ1v) is 5.26. The molecule has 0 amide bonds. The van der Waals surface area contributed by atoms with E-state index >= 15 is 0 Å². The Balaban J connectivity index is 2.57. The maximum absolute atomic E-state index is 10.7. The Morgan fingerprint density at radius 2 is 2.31 bits per heavy atom. The third-order valence-electron chi connectivity index (χ3n) is 2.55. The van der Waals surface area contributed by atoms with E-state index < -0.39 is 5.97 Å². The highest BCUT2D eigenvalue weighted by atomic mass is 16.4. The first kappa shape index (κ1) is 10.7. The van der Waals surface area contributed by atoms with Gasteiger partial charge in [-0.15, -0.1) is 0 Å². The fourth-order valence-corrected chi connectivity index (χ4v) is 1.84. The van der Waals surface area contributed by atoms with Crippen molar-refractivity contribution >= 4 is 11.5 Å². The van der Waals surface area contributed by atoms with E-state index in [1.165, 1.54) is 0 Å². The van der Waals surface area contributed by atoms with Gasteiger partial charge >= 0.3 is 5.97 Å². The van der Waals surface area contributed by atoms with E-state index in [-0.39, 0.29) is 6.42 Å². The topological polar surface area (TPSA) is 54.6 Å². The summed E-state index contributed by atoms with van der Waals surface area (Å²) in [5, 5.41) is 8.81. The number of fused-ring (bicyclic) bond motifs is 1. The Morgan fingerprint density at radius 3 is 2.94 bits per heavy atom. The van der Waals surface area contributed by atoms with Crippen LogP contribution in [0.5, 0.6) is 0 Å². The predicted octanol–water partition coefficient (Wildman–Crippen LogP) is 2.08. The maximum Gasteiger partial charge on any atom is 0.307 e. The van der Waals surface area contributed by atoms with Crippen LogP contribution in [0.4, 0.5) is 0 Å². The Kier molecular flexibility index (Phi) is 2.64. The Labute approximate surface area is 93.5 Å². The largest absolute Gasteiger partial charge is 0.481 e. The number of hydrogen-bond donors (Lipinski definition) is 1. The summed E-state index contributed by atoms with van der Waals surface area (Å²) in [7, 11) is 0. The van der Waals surface area contributed by atoms with Crippen molar-refractivity contribution < 1.29 is 9.90 Å². The first-order valence-electron chi connectivity index (χ1n) is 5.26. The van der Waals surface area contributed by atoms with Gasteiger partial charge in [0.1, 0.15) is 5.82 Å². The summed E-state index contributed by atoms with van der Waals surface area (Å²) in [5.41, 5.74) is 1.68. The molecule has 0 fully saturated rings. The molecule has 4 heteroatoms. The molecular formula is C12H14N2O2. The minimum absolute atomic E-state index is 0.0353. The fraction of sp³-hybridized carbons (Fsp3) is 0.333. The molecule has 0 unspecified atom stereocenters. The number of imidazole rings is 1. The molecule has 16 heavy (non-hydrogen) atoms. The van der Waals surface area contributed by atoms with Crippen LogP contribution in [0, 0.1) is 0 Å². The third kappa shape index (κ3) is 1.78. The van der Waals surface area contributed by atoms with E-state index in [0.29, 0.717) is 5.92 Å². The summed E-state index contributed by atoms with van der Waals surface area (Å²) in [5.74, 6) is 0.463. The van der Waals surface area contributed by atoms with Gasteiger partial charge in [-0.1, -0.05) is 19.9 Å². The number of aliphatic carboxylic acids is 1. The smallest absolute Gasteiger partial charge is 0.307 e. The van der Waals surface area contributed by atoms with Gasteiger partial charge in [-0.25, -0.2) is 4.98 Å². The Morgan fingerprint density at radius 1 is 1.56 bits per heavy atom. The lowest BCUT2D eigenvalue weighted by Crippen LogP contribution is -2.03. The molecule has 84 valence electrons. The van der Waals surface area contributed by atoms with E-state index in [1.807, 2.05) is 22.7 Å². The van der Waals surface area contributed by atoms with E-state index in [2.05, 4.69) is 18.8 Å². The zero-order chi connectivity index (χ0) is 11.7. The highest BCUT2D eigenvalue weighted by Gasteiger charge is 2.11. The van der Waals surface area contributed by atoms with Crippen LogP contribution in [-0.4, -0.2) is 20.5 Å². The average Bonchev–Trinajstić information content (AvgIpc) is 2.61. The molecule has 0 aromatic carbocycles. The van der Waals surface area contributed by atoms with Crippen molar-refractivity contribution in [3.63, 3.8) is 0 Å². The van der Waals surface area contributed by atoms with Crippen molar-refractivity contribution in [1.29, 1.82) is 0 Å². The predicted molar refractivity (Wildman–Crippen MR) is 60.6 cm³/mol. The van der Waals surface area contributed by atoms with Crippen LogP contribution < -0.4 is 0 Å². The minimum Gasteiger partial charge on any atom is -0.481 e. The zero-order valence-corrected chi connectivity index (χ0v) is 9.34. The molecule has 0 aliphatic heterocycles. The normalized spacial score (nSPS) is 11.2. The number of carboxylic acid groups (broad SMARTS) is 1. The minimum atomic E-state index is -0.819. The van der Waals surface area contributed by atoms with Crippen LogP contribution in [0.2, 0.25) is 0 Å². The van der Waals surface area contributed by atoms with Crippen LogP contribution in [0.25, 0.3) is 5.52 Å². The van der Waals surface area contributed by atoms with Gasteiger partial charge in [0.25, 0.3) is 0 Å². The second-order valence-corrected chi connectivity index (χ2v) is 4.13. The van der Waals surface area contributed by atoms with Gasteiger partial charge in [-0.05, 0) is 11.6 Å². The van der Waals surface area contributed by atoms with Crippen LogP contribution in [0.3, 0.4) is 0 Å². The van der Waals surface area contributed by atoms with E-state index in [0.717, 1.165) is 16.9 Å². The molecule has 4 nitrogen and oxygen atoms in total. The SMILES string of the molecule is CC(C)c1ncc2c(CC(=O)O)cccn12. The molecule has 0 saturated carbocycles. The van der Waals surface area contributed by atoms with E-state index in [9.17, 15) is 4.79 Å². The molecule has 0 bridgehead atoms. The average molecular weight is 218 g/mol. The number of hydrogen-bond acceptors (Lipinski definition) is 2. The fourth-order valence-electron chi connectivity index (χ4n) is 1.84. The van der Waals surface area contributed by atoms with Crippen molar-refractivity contribution in [1.82, 2.24) is 9.38 Å². The number of nitrogens with zero attached hydrogens (tertiary/aromatic N) is 2. The van der Waals surface area contributed by atoms with Gasteiger partial charge in [-0.3, -0.25) is 4.79 Å². The molecule has 0 aliphatic rings. The van der Waals surface area contributed by atoms with Gasteiger partial charge in [0.2, 0.25) is 0 Å². The lowest BCUT2D eigenvalue weighted by molar-refractivity contribution is -0.136. The van der Waals surface area contributed by atoms with Crippen LogP contribution >= 0.6 is 0 Å². The summed E-state index contributed by atoms with van der Waals surface area (Å²) in [6.07, 6.45) is 3.70. The molecule has 0 radical (unpaired) electrons. The molecular weight excluding hydrogens is 204 g/mol. The molecule has 0 aliphatic carbocycles. The number of pyridine rings is 1. The summed E-state index contributed by atoms with van der Waals surface area (Å²) in [4.78, 5) is 15.1. The molecule has 2 heterocycles. The summed E-state index contributed by atoms with van der Waals surface area (Å²) < 4.78 is 1.96. The number of aromatic nitrogens is 2. The monoisotopic (exact) mass is 218 g/mol. The zero-order valence-electron chi connectivity index (χ0n) is 9.34. The van der Waals surface area contributed by atoms with Gasteiger partial charge in [0.05, 0.1) is 18.1 Å². The quantitative estimate of drug-likeness (QED) is 0.858. The van der Waals surface area contributed by atoms with E-state index in [4.69, 9.17) is 5.11 Å². The second kappa shape index (κ2) is 3.96. The maximum atomic E-state index is 10.7. The molecule has 2 aromatic rings. The summed E-state index contributed by atoms with van der Waals surface area (Å²) in [6, 6.07) is 3.69. The number of carbonyl (C=O) groups is 1. The Hall–Kier alpha value is -1.84. The molecule has 0 spiro atoms. The first-order chi connectivity index (χ1) is 7.59. The van der Waals surface area contributed by atoms with Gasteiger partial charge in [0, 0.05) is 12.1 Å². The van der Waals surface area contributed by atoms with Crippen molar-refractivity contribution in [2.75, 3.05) is 0 Å². The van der Waals surface area contributed by atoms with Crippen LogP contribution in [0.15, 0.2) is 24.5 Å². The number of rotatable bonds is 3. The van der Waals surface area contributed by atoms with Crippen LogP contribution in [-0.2, 0) is 11.2 Å². The summed E-state index contributed by atoms with van der Waals surface area (Å²) >= 11 is 0. The molecule has 0 atom stereocenters. The molecule has 0 saturated heterocycles. The lowest BCUT2D eigenvalue weighted by Gasteiger charge is -2.06. The van der Waals surface area contributed by atoms with Gasteiger partial charge < -0.3 is 9.51 Å². The highest BCUT2D eigenvalue weighted by Crippen LogP contribution is 2.18. The van der Waals surface area contributed by atoms with Crippen molar-refractivity contribution in [2.24, 2.45) is 0 Å². The highest BCUT2D eigenvalue weighted by molar-refractivity contribution is 5.74. The Bertz CT molecular complexity index is 529. The van der Waals surface area contributed by atoms with Gasteiger partial charge in [0.15, 0.2) is 0 Å². The van der Waals surface area contributed by atoms with Crippen molar-refractivity contribution in [2.45, 2.75) is 26.2 Å². The second-order valence-electron chi connectivity index (χ2n) is 4.13. The van der Waals surface area contributed by atoms with E-state index in [1.54, 1.807) is 6.20 Å². The molecule has 1 N–H and O–H groups in total.